The van der Waals surface area contributed by atoms with Gasteiger partial charge in [-0.15, -0.1) is 11.3 Å². The molecule has 0 bridgehead atoms. The quantitative estimate of drug-likeness (QED) is 0.443. The van der Waals surface area contributed by atoms with Gasteiger partial charge in [-0.1, -0.05) is 30.3 Å². The van der Waals surface area contributed by atoms with E-state index in [1.165, 1.54) is 26.2 Å². The number of rotatable bonds is 7. The van der Waals surface area contributed by atoms with Gasteiger partial charge in [0.2, 0.25) is 10.0 Å². The molecule has 8 heteroatoms. The maximum atomic E-state index is 12.9. The van der Waals surface area contributed by atoms with Crippen LogP contribution in [-0.2, 0) is 10.0 Å². The summed E-state index contributed by atoms with van der Waals surface area (Å²) in [6.45, 7) is 0.395. The SMILES string of the molecule is CN(C)S(=O)(=O)c1cccc(C(=O)NCC(c2cccs2)c2c[nH]c3ccccc23)c1. The highest BCUT2D eigenvalue weighted by atomic mass is 32.2. The number of amides is 1. The van der Waals surface area contributed by atoms with Crippen molar-refractivity contribution in [2.45, 2.75) is 10.8 Å². The van der Waals surface area contributed by atoms with E-state index in [4.69, 9.17) is 0 Å². The topological polar surface area (TPSA) is 82.3 Å². The Morgan fingerprint density at radius 1 is 1.10 bits per heavy atom. The molecule has 1 atom stereocenters. The number of aromatic amines is 1. The molecule has 0 radical (unpaired) electrons. The van der Waals surface area contributed by atoms with Gasteiger partial charge in [-0.2, -0.15) is 0 Å². The number of benzene rings is 2. The molecule has 31 heavy (non-hydrogen) atoms. The molecule has 2 aromatic carbocycles. The lowest BCUT2D eigenvalue weighted by Gasteiger charge is -2.17. The van der Waals surface area contributed by atoms with Gasteiger partial charge < -0.3 is 10.3 Å². The monoisotopic (exact) mass is 453 g/mol. The van der Waals surface area contributed by atoms with Gasteiger partial charge in [0.25, 0.3) is 5.91 Å². The zero-order valence-electron chi connectivity index (χ0n) is 17.2. The summed E-state index contributed by atoms with van der Waals surface area (Å²) >= 11 is 1.64. The Morgan fingerprint density at radius 2 is 1.90 bits per heavy atom. The van der Waals surface area contributed by atoms with E-state index in [2.05, 4.69) is 22.4 Å². The predicted molar refractivity (Wildman–Crippen MR) is 124 cm³/mol. The van der Waals surface area contributed by atoms with Gasteiger partial charge in [-0.25, -0.2) is 12.7 Å². The van der Waals surface area contributed by atoms with E-state index in [1.807, 2.05) is 35.8 Å². The molecule has 0 saturated carbocycles. The molecule has 0 aliphatic heterocycles. The summed E-state index contributed by atoms with van der Waals surface area (Å²) in [5, 5.41) is 6.14. The normalized spacial score (nSPS) is 12.9. The van der Waals surface area contributed by atoms with Crippen molar-refractivity contribution in [2.75, 3.05) is 20.6 Å². The molecule has 0 spiro atoms. The zero-order chi connectivity index (χ0) is 22.0. The minimum atomic E-state index is -3.61. The van der Waals surface area contributed by atoms with E-state index < -0.39 is 10.0 Å². The van der Waals surface area contributed by atoms with Crippen LogP contribution in [0.4, 0.5) is 0 Å². The summed E-state index contributed by atoms with van der Waals surface area (Å²) in [7, 11) is -0.674. The van der Waals surface area contributed by atoms with E-state index >= 15 is 0 Å². The lowest BCUT2D eigenvalue weighted by atomic mass is 9.96. The molecular formula is C23H23N3O3S2. The lowest BCUT2D eigenvalue weighted by Crippen LogP contribution is -2.29. The van der Waals surface area contributed by atoms with E-state index in [0.29, 0.717) is 12.1 Å². The number of aromatic nitrogens is 1. The third kappa shape index (κ3) is 4.27. The summed E-state index contributed by atoms with van der Waals surface area (Å²) in [4.78, 5) is 17.4. The van der Waals surface area contributed by atoms with Crippen LogP contribution in [0.1, 0.15) is 26.7 Å². The molecule has 2 aromatic heterocycles. The molecule has 0 saturated heterocycles. The number of carbonyl (C=O) groups excluding carboxylic acids is 1. The maximum absolute atomic E-state index is 12.9. The molecule has 1 unspecified atom stereocenters. The van der Waals surface area contributed by atoms with Crippen molar-refractivity contribution in [1.82, 2.24) is 14.6 Å². The number of nitrogens with one attached hydrogen (secondary N) is 2. The summed E-state index contributed by atoms with van der Waals surface area (Å²) in [6, 6.07) is 18.3. The first-order chi connectivity index (χ1) is 14.9. The van der Waals surface area contributed by atoms with Crippen molar-refractivity contribution < 1.29 is 13.2 Å². The molecule has 0 aliphatic carbocycles. The summed E-state index contributed by atoms with van der Waals surface area (Å²) in [6.07, 6.45) is 1.99. The summed E-state index contributed by atoms with van der Waals surface area (Å²) in [5.41, 5.74) is 2.47. The van der Waals surface area contributed by atoms with E-state index in [-0.39, 0.29) is 16.7 Å². The Bertz CT molecular complexity index is 1310. The highest BCUT2D eigenvalue weighted by Crippen LogP contribution is 2.32. The average molecular weight is 454 g/mol. The van der Waals surface area contributed by atoms with Crippen LogP contribution in [0.5, 0.6) is 0 Å². The Kier molecular flexibility index (Phi) is 5.95. The van der Waals surface area contributed by atoms with Crippen molar-refractivity contribution in [3.63, 3.8) is 0 Å². The van der Waals surface area contributed by atoms with E-state index in [0.717, 1.165) is 25.6 Å². The van der Waals surface area contributed by atoms with Gasteiger partial charge in [-0.3, -0.25) is 4.79 Å². The first-order valence-electron chi connectivity index (χ1n) is 9.78. The van der Waals surface area contributed by atoms with Crippen LogP contribution < -0.4 is 5.32 Å². The molecule has 2 N–H and O–H groups in total. The fourth-order valence-corrected chi connectivity index (χ4v) is 5.34. The fraction of sp³-hybridized carbons (Fsp3) is 0.174. The number of para-hydroxylation sites is 1. The van der Waals surface area contributed by atoms with Gasteiger partial charge >= 0.3 is 0 Å². The molecule has 160 valence electrons. The number of carbonyl (C=O) groups is 1. The third-order valence-corrected chi connectivity index (χ3v) is 8.02. The molecular weight excluding hydrogens is 430 g/mol. The minimum absolute atomic E-state index is 0.0196. The second-order valence-corrected chi connectivity index (χ2v) is 10.5. The Morgan fingerprint density at radius 3 is 2.65 bits per heavy atom. The van der Waals surface area contributed by atoms with Gasteiger partial charge in [0.05, 0.1) is 4.90 Å². The van der Waals surface area contributed by atoms with Crippen LogP contribution in [0.25, 0.3) is 10.9 Å². The Balaban J connectivity index is 1.59. The smallest absolute Gasteiger partial charge is 0.251 e. The maximum Gasteiger partial charge on any atom is 0.251 e. The molecule has 2 heterocycles. The van der Waals surface area contributed by atoms with Crippen LogP contribution in [0.2, 0.25) is 0 Å². The predicted octanol–water partition coefficient (Wildman–Crippen LogP) is 4.04. The fourth-order valence-electron chi connectivity index (χ4n) is 3.54. The first-order valence-corrected chi connectivity index (χ1v) is 12.1. The van der Waals surface area contributed by atoms with Crippen LogP contribution in [0.3, 0.4) is 0 Å². The van der Waals surface area contributed by atoms with Crippen LogP contribution >= 0.6 is 11.3 Å². The number of hydrogen-bond donors (Lipinski definition) is 2. The Labute approximate surface area is 185 Å². The van der Waals surface area contributed by atoms with Crippen molar-refractivity contribution in [2.24, 2.45) is 0 Å². The van der Waals surface area contributed by atoms with Crippen LogP contribution in [0, 0.1) is 0 Å². The van der Waals surface area contributed by atoms with Crippen molar-refractivity contribution in [3.8, 4) is 0 Å². The molecule has 4 aromatic rings. The van der Waals surface area contributed by atoms with Crippen LogP contribution in [-0.4, -0.2) is 44.3 Å². The number of fused-ring (bicyclic) bond motifs is 1. The average Bonchev–Trinajstić information content (AvgIpc) is 3.45. The molecule has 6 nitrogen and oxygen atoms in total. The minimum Gasteiger partial charge on any atom is -0.361 e. The Hall–Kier alpha value is -2.94. The van der Waals surface area contributed by atoms with E-state index in [1.54, 1.807) is 23.5 Å². The molecule has 1 amide bonds. The van der Waals surface area contributed by atoms with Gasteiger partial charge in [0.15, 0.2) is 0 Å². The highest BCUT2D eigenvalue weighted by molar-refractivity contribution is 7.89. The zero-order valence-corrected chi connectivity index (χ0v) is 18.8. The van der Waals surface area contributed by atoms with Gasteiger partial charge in [-0.05, 0) is 41.3 Å². The summed E-state index contributed by atoms with van der Waals surface area (Å²) in [5.74, 6) is -0.328. The molecule has 0 fully saturated rings. The number of nitrogens with zero attached hydrogens (tertiary/aromatic N) is 1. The first kappa shape index (κ1) is 21.3. The summed E-state index contributed by atoms with van der Waals surface area (Å²) < 4.78 is 25.9. The largest absolute Gasteiger partial charge is 0.361 e. The molecule has 4 rings (SSSR count). The number of sulfonamides is 1. The highest BCUT2D eigenvalue weighted by Gasteiger charge is 2.22. The van der Waals surface area contributed by atoms with Gasteiger partial charge in [0.1, 0.15) is 0 Å². The second-order valence-electron chi connectivity index (χ2n) is 7.38. The van der Waals surface area contributed by atoms with Gasteiger partial charge in [0, 0.05) is 54.1 Å². The van der Waals surface area contributed by atoms with Crippen LogP contribution in [0.15, 0.2) is 77.1 Å². The number of H-pyrrole nitrogens is 1. The van der Waals surface area contributed by atoms with E-state index in [9.17, 15) is 13.2 Å². The van der Waals surface area contributed by atoms with Crippen molar-refractivity contribution in [1.29, 1.82) is 0 Å². The second kappa shape index (κ2) is 8.66. The number of thiophene rings is 1. The van der Waals surface area contributed by atoms with Crippen molar-refractivity contribution in [3.05, 3.63) is 88.2 Å². The standard InChI is InChI=1S/C23H23N3O3S2/c1-26(2)31(28,29)17-8-5-7-16(13-17)23(27)25-15-20(22-11-6-12-30-22)19-14-24-21-10-4-3-9-18(19)21/h3-14,20,24H,15H2,1-2H3,(H,25,27). The third-order valence-electron chi connectivity index (χ3n) is 5.22. The number of hydrogen-bond acceptors (Lipinski definition) is 4. The van der Waals surface area contributed by atoms with Crippen molar-refractivity contribution >= 4 is 38.2 Å². The lowest BCUT2D eigenvalue weighted by molar-refractivity contribution is 0.0952. The molecule has 0 aliphatic rings.